The first-order valence-corrected chi connectivity index (χ1v) is 5.66. The van der Waals surface area contributed by atoms with Crippen molar-refractivity contribution in [3.63, 3.8) is 0 Å². The lowest BCUT2D eigenvalue weighted by Gasteiger charge is -2.19. The number of nitrogens with zero attached hydrogens (tertiary/aromatic N) is 3. The zero-order chi connectivity index (χ0) is 12.1. The molecule has 0 aliphatic rings. The van der Waals surface area contributed by atoms with Crippen LogP contribution in [-0.4, -0.2) is 39.3 Å². The summed E-state index contributed by atoms with van der Waals surface area (Å²) in [7, 11) is 1.81. The highest BCUT2D eigenvalue weighted by Gasteiger charge is 2.14. The molecule has 1 rings (SSSR count). The quantitative estimate of drug-likeness (QED) is 0.795. The van der Waals surface area contributed by atoms with E-state index in [2.05, 4.69) is 11.6 Å². The van der Waals surface area contributed by atoms with E-state index in [1.54, 1.807) is 10.6 Å². The van der Waals surface area contributed by atoms with Gasteiger partial charge in [0.05, 0.1) is 12.3 Å². The number of imidazole rings is 1. The first kappa shape index (κ1) is 13.5. The Labute approximate surface area is 105 Å². The molecule has 0 spiro atoms. The SMILES string of the molecule is C=CCN(CCO)Cc1c(Cl)nc(Cl)n1C. The van der Waals surface area contributed by atoms with Gasteiger partial charge in [-0.2, -0.15) is 0 Å². The molecule has 0 bridgehead atoms. The zero-order valence-corrected chi connectivity index (χ0v) is 10.7. The maximum absolute atomic E-state index is 8.93. The summed E-state index contributed by atoms with van der Waals surface area (Å²) >= 11 is 11.8. The monoisotopic (exact) mass is 263 g/mol. The number of aliphatic hydroxyl groups is 1. The lowest BCUT2D eigenvalue weighted by Crippen LogP contribution is -2.27. The maximum atomic E-state index is 8.93. The van der Waals surface area contributed by atoms with Gasteiger partial charge < -0.3 is 9.67 Å². The Morgan fingerprint density at radius 3 is 2.69 bits per heavy atom. The Hall–Kier alpha value is -0.550. The highest BCUT2D eigenvalue weighted by atomic mass is 35.5. The fraction of sp³-hybridized carbons (Fsp3) is 0.500. The Morgan fingerprint density at radius 2 is 2.25 bits per heavy atom. The molecule has 1 aromatic rings. The van der Waals surface area contributed by atoms with Crippen LogP contribution in [0.4, 0.5) is 0 Å². The molecular weight excluding hydrogens is 249 g/mol. The van der Waals surface area contributed by atoms with Crippen LogP contribution >= 0.6 is 23.2 Å². The minimum absolute atomic E-state index is 0.0943. The highest BCUT2D eigenvalue weighted by molar-refractivity contribution is 6.32. The van der Waals surface area contributed by atoms with E-state index in [1.807, 2.05) is 11.9 Å². The Morgan fingerprint density at radius 1 is 1.56 bits per heavy atom. The van der Waals surface area contributed by atoms with Gasteiger partial charge in [-0.3, -0.25) is 4.90 Å². The van der Waals surface area contributed by atoms with Gasteiger partial charge in [0.15, 0.2) is 5.15 Å². The molecular formula is C10H15Cl2N3O. The summed E-state index contributed by atoms with van der Waals surface area (Å²) in [6.45, 7) is 5.59. The second-order valence-electron chi connectivity index (χ2n) is 3.42. The largest absolute Gasteiger partial charge is 0.395 e. The first-order chi connectivity index (χ1) is 7.60. The Bertz CT molecular complexity index is 365. The van der Waals surface area contributed by atoms with E-state index in [0.717, 1.165) is 5.69 Å². The fourth-order valence-corrected chi connectivity index (χ4v) is 1.91. The van der Waals surface area contributed by atoms with Gasteiger partial charge >= 0.3 is 0 Å². The molecule has 90 valence electrons. The second-order valence-corrected chi connectivity index (χ2v) is 4.12. The van der Waals surface area contributed by atoms with Crippen LogP contribution in [0, 0.1) is 0 Å². The number of hydrogen-bond acceptors (Lipinski definition) is 3. The molecule has 0 aliphatic heterocycles. The lowest BCUT2D eigenvalue weighted by atomic mass is 10.3. The molecule has 0 aliphatic carbocycles. The van der Waals surface area contributed by atoms with E-state index in [1.165, 1.54) is 0 Å². The van der Waals surface area contributed by atoms with E-state index in [-0.39, 0.29) is 6.61 Å². The summed E-state index contributed by atoms with van der Waals surface area (Å²) in [4.78, 5) is 5.97. The summed E-state index contributed by atoms with van der Waals surface area (Å²) < 4.78 is 1.73. The van der Waals surface area contributed by atoms with Crippen LogP contribution < -0.4 is 0 Å². The van der Waals surface area contributed by atoms with Crippen LogP contribution in [0.1, 0.15) is 5.69 Å². The van der Waals surface area contributed by atoms with Gasteiger partial charge in [-0.25, -0.2) is 4.98 Å². The van der Waals surface area contributed by atoms with Crippen LogP contribution in [0.15, 0.2) is 12.7 Å². The number of hydrogen-bond donors (Lipinski definition) is 1. The minimum atomic E-state index is 0.0943. The molecule has 4 nitrogen and oxygen atoms in total. The van der Waals surface area contributed by atoms with Gasteiger partial charge in [0, 0.05) is 26.7 Å². The normalized spacial score (nSPS) is 11.1. The fourth-order valence-electron chi connectivity index (χ4n) is 1.41. The molecule has 0 radical (unpaired) electrons. The number of aromatic nitrogens is 2. The van der Waals surface area contributed by atoms with Gasteiger partial charge in [-0.1, -0.05) is 17.7 Å². The number of halogens is 2. The van der Waals surface area contributed by atoms with Crippen LogP contribution in [-0.2, 0) is 13.6 Å². The van der Waals surface area contributed by atoms with Crippen molar-refractivity contribution in [2.24, 2.45) is 7.05 Å². The summed E-state index contributed by atoms with van der Waals surface area (Å²) in [5.41, 5.74) is 0.835. The molecule has 16 heavy (non-hydrogen) atoms. The van der Waals surface area contributed by atoms with Crippen molar-refractivity contribution in [3.8, 4) is 0 Å². The molecule has 1 aromatic heterocycles. The zero-order valence-electron chi connectivity index (χ0n) is 9.16. The third kappa shape index (κ3) is 3.22. The second kappa shape index (κ2) is 6.25. The molecule has 0 aromatic carbocycles. The van der Waals surface area contributed by atoms with Gasteiger partial charge in [0.1, 0.15) is 0 Å². The first-order valence-electron chi connectivity index (χ1n) is 4.90. The lowest BCUT2D eigenvalue weighted by molar-refractivity contribution is 0.201. The van der Waals surface area contributed by atoms with Crippen molar-refractivity contribution in [3.05, 3.63) is 28.8 Å². The summed E-state index contributed by atoms with van der Waals surface area (Å²) in [5, 5.41) is 9.69. The molecule has 0 fully saturated rings. The molecule has 1 N–H and O–H groups in total. The van der Waals surface area contributed by atoms with Crippen LogP contribution in [0.25, 0.3) is 0 Å². The Balaban J connectivity index is 2.79. The summed E-state index contributed by atoms with van der Waals surface area (Å²) in [6, 6.07) is 0. The number of rotatable bonds is 6. The molecule has 6 heteroatoms. The smallest absolute Gasteiger partial charge is 0.204 e. The molecule has 0 unspecified atom stereocenters. The molecule has 1 heterocycles. The van der Waals surface area contributed by atoms with Gasteiger partial charge in [-0.15, -0.1) is 6.58 Å². The van der Waals surface area contributed by atoms with E-state index in [9.17, 15) is 0 Å². The van der Waals surface area contributed by atoms with Gasteiger partial charge in [0.2, 0.25) is 5.28 Å². The average molecular weight is 264 g/mol. The third-order valence-electron chi connectivity index (χ3n) is 2.29. The minimum Gasteiger partial charge on any atom is -0.395 e. The summed E-state index contributed by atoms with van der Waals surface area (Å²) in [6.07, 6.45) is 1.78. The Kier molecular flexibility index (Phi) is 5.28. The van der Waals surface area contributed by atoms with Crippen molar-refractivity contribution in [1.82, 2.24) is 14.5 Å². The molecule has 0 saturated heterocycles. The standard InChI is InChI=1S/C10H15Cl2N3O/c1-3-4-15(5-6-16)7-8-9(11)13-10(12)14(8)2/h3,16H,1,4-7H2,2H3. The predicted octanol–water partition coefficient (Wildman–Crippen LogP) is 1.71. The van der Waals surface area contributed by atoms with Crippen molar-refractivity contribution < 1.29 is 5.11 Å². The third-order valence-corrected chi connectivity index (χ3v) is 2.93. The van der Waals surface area contributed by atoms with E-state index < -0.39 is 0 Å². The predicted molar refractivity (Wildman–Crippen MR) is 65.8 cm³/mol. The molecule has 0 saturated carbocycles. The van der Waals surface area contributed by atoms with Crippen molar-refractivity contribution in [2.75, 3.05) is 19.7 Å². The average Bonchev–Trinajstić information content (AvgIpc) is 2.46. The van der Waals surface area contributed by atoms with Crippen LogP contribution in [0.3, 0.4) is 0 Å². The molecule has 0 amide bonds. The van der Waals surface area contributed by atoms with Gasteiger partial charge in [0.25, 0.3) is 0 Å². The van der Waals surface area contributed by atoms with E-state index in [4.69, 9.17) is 28.3 Å². The highest BCUT2D eigenvalue weighted by Crippen LogP contribution is 2.20. The van der Waals surface area contributed by atoms with Crippen molar-refractivity contribution >= 4 is 23.2 Å². The summed E-state index contributed by atoms with van der Waals surface area (Å²) in [5.74, 6) is 0. The van der Waals surface area contributed by atoms with E-state index in [0.29, 0.717) is 30.1 Å². The van der Waals surface area contributed by atoms with Crippen LogP contribution in [0.5, 0.6) is 0 Å². The maximum Gasteiger partial charge on any atom is 0.204 e. The van der Waals surface area contributed by atoms with Crippen LogP contribution in [0.2, 0.25) is 10.4 Å². The van der Waals surface area contributed by atoms with Crippen molar-refractivity contribution in [1.29, 1.82) is 0 Å². The van der Waals surface area contributed by atoms with Gasteiger partial charge in [-0.05, 0) is 11.6 Å². The van der Waals surface area contributed by atoms with E-state index >= 15 is 0 Å². The number of aliphatic hydroxyl groups excluding tert-OH is 1. The van der Waals surface area contributed by atoms with Crippen molar-refractivity contribution in [2.45, 2.75) is 6.54 Å². The molecule has 0 atom stereocenters. The topological polar surface area (TPSA) is 41.3 Å².